The van der Waals surface area contributed by atoms with Gasteiger partial charge >= 0.3 is 221 Å². The molecule has 0 aliphatic rings. The molecule has 36 heavy (non-hydrogen) atoms. The zero-order valence-corrected chi connectivity index (χ0v) is 23.6. The van der Waals surface area contributed by atoms with Crippen LogP contribution in [0.25, 0.3) is 26.1 Å². The van der Waals surface area contributed by atoms with Gasteiger partial charge in [-0.25, -0.2) is 0 Å². The van der Waals surface area contributed by atoms with E-state index in [0.29, 0.717) is 24.3 Å². The number of hydrogen-bond acceptors (Lipinski definition) is 2. The molecule has 8 heteroatoms. The van der Waals surface area contributed by atoms with Gasteiger partial charge in [0.2, 0.25) is 0 Å². The molecule has 190 valence electrons. The van der Waals surface area contributed by atoms with Crippen LogP contribution in [0.15, 0.2) is 55.1 Å². The van der Waals surface area contributed by atoms with E-state index in [2.05, 4.69) is 13.5 Å². The standard InChI is InChI=1S/C14H14F2OSe.C14H12F2OSe/c2*1-3-9-5-8-12(18-9)10-6-7-11(17-4-2)14(16)13(10)15/h5-8H,3-4H2,1-2H3;3,5-8H,1,4H2,2H3. The quantitative estimate of drug-likeness (QED) is 0.150. The molecule has 0 saturated heterocycles. The van der Waals surface area contributed by atoms with E-state index in [1.165, 1.54) is 16.6 Å². The maximum absolute atomic E-state index is 14.0. The van der Waals surface area contributed by atoms with Crippen LogP contribution in [-0.4, -0.2) is 42.2 Å². The molecule has 0 fully saturated rings. The molecule has 0 spiro atoms. The molecule has 0 aliphatic carbocycles. The molecule has 0 amide bonds. The van der Waals surface area contributed by atoms with Gasteiger partial charge < -0.3 is 0 Å². The monoisotopic (exact) mass is 630 g/mol. The predicted octanol–water partition coefficient (Wildman–Crippen LogP) is 7.38. The second kappa shape index (κ2) is 13.2. The average molecular weight is 628 g/mol. The van der Waals surface area contributed by atoms with E-state index < -0.39 is 23.3 Å². The summed E-state index contributed by atoms with van der Waals surface area (Å²) in [4.78, 5) is 0. The number of hydrogen-bond donors (Lipinski definition) is 0. The normalized spacial score (nSPS) is 10.5. The van der Waals surface area contributed by atoms with Crippen LogP contribution in [0.1, 0.15) is 29.6 Å². The van der Waals surface area contributed by atoms with E-state index in [-0.39, 0.29) is 40.5 Å². The van der Waals surface area contributed by atoms with Crippen molar-refractivity contribution in [2.24, 2.45) is 0 Å². The molecule has 0 aliphatic heterocycles. The molecular weight excluding hydrogens is 602 g/mol. The maximum atomic E-state index is 14.0. The molecule has 0 unspecified atom stereocenters. The summed E-state index contributed by atoms with van der Waals surface area (Å²) in [5.74, 6) is -3.52. The van der Waals surface area contributed by atoms with E-state index >= 15 is 0 Å². The molecule has 0 bridgehead atoms. The summed E-state index contributed by atoms with van der Waals surface area (Å²) in [6, 6.07) is 13.7. The Morgan fingerprint density at radius 2 is 1.17 bits per heavy atom. The van der Waals surface area contributed by atoms with Crippen LogP contribution in [0.3, 0.4) is 0 Å². The van der Waals surface area contributed by atoms with Crippen molar-refractivity contribution in [1.29, 1.82) is 0 Å². The van der Waals surface area contributed by atoms with Crippen molar-refractivity contribution in [3.05, 3.63) is 87.3 Å². The second-order valence-corrected chi connectivity index (χ2v) is 12.2. The van der Waals surface area contributed by atoms with E-state index in [9.17, 15) is 17.6 Å². The Kier molecular flexibility index (Phi) is 10.3. The number of ether oxygens (including phenoxy) is 2. The number of aryl methyl sites for hydroxylation is 1. The van der Waals surface area contributed by atoms with Crippen LogP contribution in [0, 0.1) is 23.3 Å². The zero-order chi connectivity index (χ0) is 26.2. The van der Waals surface area contributed by atoms with Crippen molar-refractivity contribution in [2.45, 2.75) is 27.2 Å². The fraction of sp³-hybridized carbons (Fsp3) is 0.214. The number of halogens is 4. The predicted molar refractivity (Wildman–Crippen MR) is 139 cm³/mol. The van der Waals surface area contributed by atoms with Gasteiger partial charge in [-0.15, -0.1) is 0 Å². The van der Waals surface area contributed by atoms with Gasteiger partial charge in [-0.05, 0) is 0 Å². The first-order valence-corrected chi connectivity index (χ1v) is 14.8. The third kappa shape index (κ3) is 6.43. The molecule has 0 atom stereocenters. The molecule has 0 N–H and O–H groups in total. The van der Waals surface area contributed by atoms with Gasteiger partial charge in [0.1, 0.15) is 0 Å². The summed E-state index contributed by atoms with van der Waals surface area (Å²) < 4.78 is 69.5. The van der Waals surface area contributed by atoms with E-state index in [1.807, 2.05) is 24.3 Å². The van der Waals surface area contributed by atoms with Crippen LogP contribution < -0.4 is 9.47 Å². The molecule has 2 nitrogen and oxygen atoms in total. The summed E-state index contributed by atoms with van der Waals surface area (Å²) in [5.41, 5.74) is 0.666. The Balaban J connectivity index is 0.000000201. The Morgan fingerprint density at radius 3 is 1.58 bits per heavy atom. The Labute approximate surface area is 220 Å². The van der Waals surface area contributed by atoms with Crippen molar-refractivity contribution in [3.63, 3.8) is 0 Å². The number of benzene rings is 2. The average Bonchev–Trinajstić information content (AvgIpc) is 3.56. The summed E-state index contributed by atoms with van der Waals surface area (Å²) in [6.45, 7) is 9.85. The first kappa shape index (κ1) is 28.1. The van der Waals surface area contributed by atoms with Crippen molar-refractivity contribution in [2.75, 3.05) is 13.2 Å². The van der Waals surface area contributed by atoms with Crippen LogP contribution in [0.2, 0.25) is 0 Å². The Morgan fingerprint density at radius 1 is 0.667 bits per heavy atom. The van der Waals surface area contributed by atoms with Gasteiger partial charge in [-0.2, -0.15) is 0 Å². The van der Waals surface area contributed by atoms with E-state index in [1.54, 1.807) is 32.1 Å². The van der Waals surface area contributed by atoms with Gasteiger partial charge in [0.25, 0.3) is 0 Å². The Hall–Kier alpha value is -2.50. The topological polar surface area (TPSA) is 18.5 Å². The third-order valence-electron chi connectivity index (χ3n) is 5.06. The summed E-state index contributed by atoms with van der Waals surface area (Å²) in [7, 11) is 0. The van der Waals surface area contributed by atoms with Crippen molar-refractivity contribution in [3.8, 4) is 31.5 Å². The molecule has 4 rings (SSSR count). The van der Waals surface area contributed by atoms with Gasteiger partial charge in [0.15, 0.2) is 0 Å². The van der Waals surface area contributed by atoms with Crippen LogP contribution in [-0.2, 0) is 6.42 Å². The second-order valence-electron chi connectivity index (χ2n) is 7.37. The van der Waals surface area contributed by atoms with Gasteiger partial charge in [-0.3, -0.25) is 0 Å². The summed E-state index contributed by atoms with van der Waals surface area (Å²) in [6.07, 6.45) is 2.70. The van der Waals surface area contributed by atoms with Crippen molar-refractivity contribution < 1.29 is 27.0 Å². The first-order valence-electron chi connectivity index (χ1n) is 11.4. The minimum atomic E-state index is -0.918. The molecule has 0 saturated carbocycles. The van der Waals surface area contributed by atoms with Crippen LogP contribution in [0.4, 0.5) is 17.6 Å². The third-order valence-corrected chi connectivity index (χ3v) is 10.1. The van der Waals surface area contributed by atoms with Gasteiger partial charge in [-0.1, -0.05) is 0 Å². The fourth-order valence-electron chi connectivity index (χ4n) is 3.30. The zero-order valence-electron chi connectivity index (χ0n) is 20.2. The van der Waals surface area contributed by atoms with Crippen LogP contribution in [0.5, 0.6) is 11.5 Å². The molecule has 0 radical (unpaired) electrons. The van der Waals surface area contributed by atoms with Crippen LogP contribution >= 0.6 is 0 Å². The van der Waals surface area contributed by atoms with Crippen molar-refractivity contribution in [1.82, 2.24) is 0 Å². The molecule has 2 aromatic heterocycles. The Bertz CT molecular complexity index is 1330. The summed E-state index contributed by atoms with van der Waals surface area (Å²) in [5, 5.41) is 0. The minimum absolute atomic E-state index is 0.0117. The SMILES string of the molecule is C=Cc1ccc(-c2ccc(OCC)c(F)c2F)[se]1.CCOc1ccc(-c2ccc(CC)[se]2)c(F)c1F. The molecule has 2 heterocycles. The molecular formula is C28H26F4O2Se2. The van der Waals surface area contributed by atoms with E-state index in [0.717, 1.165) is 19.7 Å². The molecule has 4 aromatic rings. The summed E-state index contributed by atoms with van der Waals surface area (Å²) >= 11 is 0.0946. The van der Waals surface area contributed by atoms with Gasteiger partial charge in [0, 0.05) is 0 Å². The van der Waals surface area contributed by atoms with Crippen molar-refractivity contribution >= 4 is 35.1 Å². The fourth-order valence-corrected chi connectivity index (χ4v) is 7.17. The molecule has 2 aromatic carbocycles. The van der Waals surface area contributed by atoms with Gasteiger partial charge in [0.05, 0.1) is 0 Å². The first-order chi connectivity index (χ1) is 17.3. The van der Waals surface area contributed by atoms with E-state index in [4.69, 9.17) is 9.47 Å². The number of rotatable bonds is 8.